The van der Waals surface area contributed by atoms with Crippen molar-refractivity contribution < 1.29 is 9.84 Å². The lowest BCUT2D eigenvalue weighted by Crippen LogP contribution is -2.34. The first kappa shape index (κ1) is 16.1. The molecule has 1 atom stereocenters. The van der Waals surface area contributed by atoms with Crippen LogP contribution >= 0.6 is 0 Å². The molecule has 0 saturated carbocycles. The summed E-state index contributed by atoms with van der Waals surface area (Å²) in [7, 11) is 1.70. The van der Waals surface area contributed by atoms with Gasteiger partial charge >= 0.3 is 0 Å². The van der Waals surface area contributed by atoms with Crippen LogP contribution in [-0.2, 0) is 13.0 Å². The monoisotopic (exact) mass is 340 g/mol. The van der Waals surface area contributed by atoms with Gasteiger partial charge < -0.3 is 19.6 Å². The summed E-state index contributed by atoms with van der Waals surface area (Å²) in [4.78, 5) is 13.4. The first-order valence-electron chi connectivity index (χ1n) is 8.89. The minimum atomic E-state index is 0.175. The van der Waals surface area contributed by atoms with Gasteiger partial charge in [0.05, 0.1) is 19.8 Å². The third-order valence-electron chi connectivity index (χ3n) is 5.27. The lowest BCUT2D eigenvalue weighted by atomic mass is 9.99. The van der Waals surface area contributed by atoms with E-state index in [1.165, 1.54) is 11.1 Å². The van der Waals surface area contributed by atoms with Crippen LogP contribution in [0.3, 0.4) is 0 Å². The molecule has 0 spiro atoms. The van der Waals surface area contributed by atoms with Crippen molar-refractivity contribution in [3.63, 3.8) is 0 Å². The predicted octanol–water partition coefficient (Wildman–Crippen LogP) is 2.01. The van der Waals surface area contributed by atoms with E-state index in [1.54, 1.807) is 13.4 Å². The van der Waals surface area contributed by atoms with E-state index in [4.69, 9.17) is 4.74 Å². The zero-order chi connectivity index (χ0) is 17.2. The number of aromatic nitrogens is 2. The molecule has 1 aromatic heterocycles. The molecule has 1 saturated heterocycles. The second-order valence-corrected chi connectivity index (χ2v) is 6.71. The molecule has 6 heteroatoms. The first-order valence-corrected chi connectivity index (χ1v) is 8.89. The van der Waals surface area contributed by atoms with Gasteiger partial charge in [-0.2, -0.15) is 0 Å². The van der Waals surface area contributed by atoms with Gasteiger partial charge in [-0.1, -0.05) is 6.07 Å². The Morgan fingerprint density at radius 3 is 2.88 bits per heavy atom. The SMILES string of the molecule is COc1ccc2c(c1)CN(c1cc(N3CCC[C@H]3CO)ncn1)CC2. The average Bonchev–Trinajstić information content (AvgIpc) is 3.16. The molecule has 132 valence electrons. The fourth-order valence-corrected chi connectivity index (χ4v) is 3.85. The molecule has 0 bridgehead atoms. The Morgan fingerprint density at radius 2 is 2.04 bits per heavy atom. The van der Waals surface area contributed by atoms with Crippen LogP contribution < -0.4 is 14.5 Å². The van der Waals surface area contributed by atoms with Crippen molar-refractivity contribution in [1.82, 2.24) is 9.97 Å². The number of anilines is 2. The van der Waals surface area contributed by atoms with E-state index >= 15 is 0 Å². The standard InChI is InChI=1S/C19H24N4O2/c1-25-17-5-4-14-6-8-22(11-15(14)9-17)18-10-19(21-13-20-18)23-7-2-3-16(23)12-24/h4-5,9-10,13,16,24H,2-3,6-8,11-12H2,1H3/t16-/m0/s1. The zero-order valence-corrected chi connectivity index (χ0v) is 14.6. The summed E-state index contributed by atoms with van der Waals surface area (Å²) in [6, 6.07) is 8.53. The highest BCUT2D eigenvalue weighted by molar-refractivity contribution is 5.53. The van der Waals surface area contributed by atoms with Gasteiger partial charge in [0, 0.05) is 25.7 Å². The molecule has 1 N–H and O–H groups in total. The van der Waals surface area contributed by atoms with Gasteiger partial charge in [-0.3, -0.25) is 0 Å². The van der Waals surface area contributed by atoms with E-state index in [-0.39, 0.29) is 12.6 Å². The third kappa shape index (κ3) is 3.14. The van der Waals surface area contributed by atoms with Crippen molar-refractivity contribution in [2.75, 3.05) is 36.6 Å². The summed E-state index contributed by atoms with van der Waals surface area (Å²) in [5.74, 6) is 2.76. The minimum Gasteiger partial charge on any atom is -0.497 e. The molecule has 0 unspecified atom stereocenters. The quantitative estimate of drug-likeness (QED) is 0.919. The Kier molecular flexibility index (Phi) is 4.44. The smallest absolute Gasteiger partial charge is 0.134 e. The van der Waals surface area contributed by atoms with Crippen molar-refractivity contribution in [2.45, 2.75) is 31.8 Å². The number of hydrogen-bond acceptors (Lipinski definition) is 6. The lowest BCUT2D eigenvalue weighted by Gasteiger charge is -2.31. The van der Waals surface area contributed by atoms with Gasteiger partial charge in [-0.15, -0.1) is 0 Å². The highest BCUT2D eigenvalue weighted by Gasteiger charge is 2.26. The van der Waals surface area contributed by atoms with E-state index in [2.05, 4.69) is 38.0 Å². The summed E-state index contributed by atoms with van der Waals surface area (Å²) in [5, 5.41) is 9.57. The molecule has 4 rings (SSSR count). The number of fused-ring (bicyclic) bond motifs is 1. The molecule has 6 nitrogen and oxygen atoms in total. The number of aliphatic hydroxyl groups excluding tert-OH is 1. The zero-order valence-electron chi connectivity index (χ0n) is 14.6. The second-order valence-electron chi connectivity index (χ2n) is 6.71. The number of nitrogens with zero attached hydrogens (tertiary/aromatic N) is 4. The van der Waals surface area contributed by atoms with Crippen molar-refractivity contribution in [3.05, 3.63) is 41.7 Å². The van der Waals surface area contributed by atoms with Crippen molar-refractivity contribution in [3.8, 4) is 5.75 Å². The van der Waals surface area contributed by atoms with Crippen LogP contribution in [0.2, 0.25) is 0 Å². The van der Waals surface area contributed by atoms with Gasteiger partial charge in [0.1, 0.15) is 23.7 Å². The molecular weight excluding hydrogens is 316 g/mol. The maximum absolute atomic E-state index is 9.57. The van der Waals surface area contributed by atoms with E-state index in [0.29, 0.717) is 0 Å². The number of rotatable bonds is 4. The Morgan fingerprint density at radius 1 is 1.16 bits per heavy atom. The molecule has 2 aliphatic rings. The molecule has 25 heavy (non-hydrogen) atoms. The normalized spacial score (nSPS) is 19.8. The first-order chi connectivity index (χ1) is 12.3. The Balaban J connectivity index is 1.57. The van der Waals surface area contributed by atoms with Crippen LogP contribution in [0.4, 0.5) is 11.6 Å². The number of ether oxygens (including phenoxy) is 1. The van der Waals surface area contributed by atoms with E-state index in [0.717, 1.165) is 56.3 Å². The number of methoxy groups -OCH3 is 1. The fourth-order valence-electron chi connectivity index (χ4n) is 3.85. The van der Waals surface area contributed by atoms with E-state index in [1.807, 2.05) is 6.07 Å². The third-order valence-corrected chi connectivity index (χ3v) is 5.27. The largest absolute Gasteiger partial charge is 0.497 e. The second kappa shape index (κ2) is 6.88. The maximum atomic E-state index is 9.57. The molecule has 1 fully saturated rings. The highest BCUT2D eigenvalue weighted by atomic mass is 16.5. The molecular formula is C19H24N4O2. The molecule has 2 aliphatic heterocycles. The van der Waals surface area contributed by atoms with Crippen molar-refractivity contribution in [1.29, 1.82) is 0 Å². The molecule has 1 aromatic carbocycles. The van der Waals surface area contributed by atoms with Crippen molar-refractivity contribution >= 4 is 11.6 Å². The molecule has 0 amide bonds. The summed E-state index contributed by atoms with van der Waals surface area (Å²) >= 11 is 0. The summed E-state index contributed by atoms with van der Waals surface area (Å²) in [6.45, 7) is 2.89. The molecule has 2 aromatic rings. The maximum Gasteiger partial charge on any atom is 0.134 e. The lowest BCUT2D eigenvalue weighted by molar-refractivity contribution is 0.266. The van der Waals surface area contributed by atoms with Crippen LogP contribution in [0, 0.1) is 0 Å². The summed E-state index contributed by atoms with van der Waals surface area (Å²) in [5.41, 5.74) is 2.67. The van der Waals surface area contributed by atoms with Crippen molar-refractivity contribution in [2.24, 2.45) is 0 Å². The summed E-state index contributed by atoms with van der Waals surface area (Å²) in [6.07, 6.45) is 4.76. The predicted molar refractivity (Wildman–Crippen MR) is 97.2 cm³/mol. The topological polar surface area (TPSA) is 61.7 Å². The van der Waals surface area contributed by atoms with Crippen LogP contribution in [0.15, 0.2) is 30.6 Å². The Labute approximate surface area is 148 Å². The van der Waals surface area contributed by atoms with Crippen LogP contribution in [0.5, 0.6) is 5.75 Å². The minimum absolute atomic E-state index is 0.175. The Bertz CT molecular complexity index is 752. The number of aliphatic hydroxyl groups is 1. The van der Waals surface area contributed by atoms with Gasteiger partial charge in [0.15, 0.2) is 0 Å². The average molecular weight is 340 g/mol. The number of benzene rings is 1. The number of hydrogen-bond donors (Lipinski definition) is 1. The fraction of sp³-hybridized carbons (Fsp3) is 0.474. The Hall–Kier alpha value is -2.34. The van der Waals surface area contributed by atoms with Gasteiger partial charge in [-0.05, 0) is 42.5 Å². The molecule has 0 aliphatic carbocycles. The van der Waals surface area contributed by atoms with Gasteiger partial charge in [-0.25, -0.2) is 9.97 Å². The van der Waals surface area contributed by atoms with Gasteiger partial charge in [0.25, 0.3) is 0 Å². The van der Waals surface area contributed by atoms with E-state index < -0.39 is 0 Å². The van der Waals surface area contributed by atoms with Gasteiger partial charge in [0.2, 0.25) is 0 Å². The van der Waals surface area contributed by atoms with Crippen LogP contribution in [0.1, 0.15) is 24.0 Å². The van der Waals surface area contributed by atoms with Crippen LogP contribution in [0.25, 0.3) is 0 Å². The highest BCUT2D eigenvalue weighted by Crippen LogP contribution is 2.29. The molecule has 0 radical (unpaired) electrons. The summed E-state index contributed by atoms with van der Waals surface area (Å²) < 4.78 is 5.36. The molecule has 3 heterocycles. The van der Waals surface area contributed by atoms with E-state index in [9.17, 15) is 5.11 Å². The van der Waals surface area contributed by atoms with Crippen LogP contribution in [-0.4, -0.2) is 47.9 Å².